The van der Waals surface area contributed by atoms with Gasteiger partial charge in [0.1, 0.15) is 11.9 Å². The van der Waals surface area contributed by atoms with Crippen molar-refractivity contribution in [3.8, 4) is 28.4 Å². The lowest BCUT2D eigenvalue weighted by Crippen LogP contribution is -2.45. The number of aryl methyl sites for hydroxylation is 2. The molecule has 3 aliphatic heterocycles. The van der Waals surface area contributed by atoms with Gasteiger partial charge in [-0.05, 0) is 72.0 Å². The van der Waals surface area contributed by atoms with Crippen LogP contribution in [-0.4, -0.2) is 71.5 Å². The Morgan fingerprint density at radius 3 is 2.76 bits per heavy atom. The highest BCUT2D eigenvalue weighted by atomic mass is 16.5. The Kier molecular flexibility index (Phi) is 9.09. The number of benzene rings is 3. The number of methoxy groups -OCH3 is 1. The van der Waals surface area contributed by atoms with Gasteiger partial charge in [-0.15, -0.1) is 0 Å². The Morgan fingerprint density at radius 1 is 1.04 bits per heavy atom. The van der Waals surface area contributed by atoms with Gasteiger partial charge in [0.2, 0.25) is 5.91 Å². The van der Waals surface area contributed by atoms with Crippen LogP contribution in [0.25, 0.3) is 11.1 Å². The molecule has 0 saturated carbocycles. The van der Waals surface area contributed by atoms with E-state index in [0.29, 0.717) is 29.2 Å². The van der Waals surface area contributed by atoms with Crippen LogP contribution in [0.5, 0.6) is 17.2 Å². The lowest BCUT2D eigenvalue weighted by molar-refractivity contribution is -0.130. The van der Waals surface area contributed by atoms with Crippen molar-refractivity contribution in [3.63, 3.8) is 0 Å². The van der Waals surface area contributed by atoms with Gasteiger partial charge in [-0.3, -0.25) is 24.4 Å². The Balaban J connectivity index is 1.31. The third-order valence-electron chi connectivity index (χ3n) is 8.16. The zero-order valence-electron chi connectivity index (χ0n) is 25.7. The average Bonchev–Trinajstić information content (AvgIpc) is 3.47. The number of aromatic nitrogens is 2. The number of hydrogen-bond acceptors (Lipinski definition) is 8. The van der Waals surface area contributed by atoms with E-state index in [0.717, 1.165) is 27.9 Å². The second-order valence-electron chi connectivity index (χ2n) is 11.3. The van der Waals surface area contributed by atoms with Gasteiger partial charge in [0.15, 0.2) is 18.1 Å². The van der Waals surface area contributed by atoms with Crippen LogP contribution in [0.3, 0.4) is 0 Å². The van der Waals surface area contributed by atoms with E-state index < -0.39 is 12.1 Å². The number of hydrogen-bond donors (Lipinski definition) is 2. The predicted molar refractivity (Wildman–Crippen MR) is 170 cm³/mol. The molecule has 2 N–H and O–H groups in total. The number of carbonyl (C=O) groups is 3. The fourth-order valence-electron chi connectivity index (χ4n) is 5.65. The van der Waals surface area contributed by atoms with Crippen LogP contribution in [0.4, 0.5) is 0 Å². The minimum Gasteiger partial charge on any atom is -0.493 e. The molecule has 1 fully saturated rings. The van der Waals surface area contributed by atoms with Gasteiger partial charge in [-0.1, -0.05) is 24.3 Å². The first-order valence-electron chi connectivity index (χ1n) is 15.1. The van der Waals surface area contributed by atoms with Crippen molar-refractivity contribution in [3.05, 3.63) is 102 Å². The fourth-order valence-corrected chi connectivity index (χ4v) is 5.65. The molecule has 2 atom stereocenters. The average molecular weight is 622 g/mol. The number of carbonyl (C=O) groups excluding carboxylic acids is 3. The first-order valence-corrected chi connectivity index (χ1v) is 15.1. The summed E-state index contributed by atoms with van der Waals surface area (Å²) in [5.41, 5.74) is 4.70. The minimum absolute atomic E-state index is 0.0701. The minimum atomic E-state index is -0.548. The van der Waals surface area contributed by atoms with E-state index in [1.165, 1.54) is 7.11 Å². The Labute approximate surface area is 266 Å². The number of rotatable bonds is 4. The Bertz CT molecular complexity index is 1750. The quantitative estimate of drug-likeness (QED) is 0.354. The van der Waals surface area contributed by atoms with Crippen molar-refractivity contribution in [1.82, 2.24) is 25.5 Å². The molecule has 46 heavy (non-hydrogen) atoms. The van der Waals surface area contributed by atoms with E-state index in [1.54, 1.807) is 47.8 Å². The summed E-state index contributed by atoms with van der Waals surface area (Å²) in [6.07, 6.45) is 5.00. The van der Waals surface area contributed by atoms with Gasteiger partial charge in [-0.2, -0.15) is 0 Å². The third kappa shape index (κ3) is 7.09. The van der Waals surface area contributed by atoms with Gasteiger partial charge in [0.25, 0.3) is 11.8 Å². The van der Waals surface area contributed by atoms with Crippen molar-refractivity contribution in [2.45, 2.75) is 38.5 Å². The number of likely N-dealkylation sites (tertiary alicyclic amines) is 1. The first kappa shape index (κ1) is 30.6. The first-order chi connectivity index (χ1) is 22.4. The van der Waals surface area contributed by atoms with Gasteiger partial charge < -0.3 is 29.7 Å². The molecule has 4 aromatic rings. The van der Waals surface area contributed by atoms with Crippen molar-refractivity contribution < 1.29 is 28.6 Å². The third-order valence-corrected chi connectivity index (χ3v) is 8.16. The molecule has 6 bridgehead atoms. The van der Waals surface area contributed by atoms with E-state index in [9.17, 15) is 14.4 Å². The summed E-state index contributed by atoms with van der Waals surface area (Å²) in [5, 5.41) is 6.01. The van der Waals surface area contributed by atoms with E-state index in [1.807, 2.05) is 43.3 Å². The second-order valence-corrected chi connectivity index (χ2v) is 11.3. The molecular formula is C35H35N5O6. The zero-order valence-corrected chi connectivity index (χ0v) is 25.7. The maximum Gasteiger partial charge on any atom is 0.258 e. The van der Waals surface area contributed by atoms with Crippen LogP contribution in [0.1, 0.15) is 33.6 Å². The molecule has 1 saturated heterocycles. The lowest BCUT2D eigenvalue weighted by atomic mass is 9.97. The molecule has 0 radical (unpaired) electrons. The van der Waals surface area contributed by atoms with Crippen molar-refractivity contribution in [2.24, 2.45) is 0 Å². The molecule has 1 aromatic heterocycles. The number of nitrogens with one attached hydrogen (secondary N) is 2. The highest BCUT2D eigenvalue weighted by Crippen LogP contribution is 2.32. The number of fused-ring (bicyclic) bond motifs is 7. The Morgan fingerprint density at radius 2 is 1.93 bits per heavy atom. The van der Waals surface area contributed by atoms with Gasteiger partial charge in [0, 0.05) is 43.7 Å². The van der Waals surface area contributed by atoms with E-state index in [2.05, 4.69) is 20.6 Å². The molecule has 0 unspecified atom stereocenters. The predicted octanol–water partition coefficient (Wildman–Crippen LogP) is 3.49. The highest BCUT2D eigenvalue weighted by Gasteiger charge is 2.38. The summed E-state index contributed by atoms with van der Waals surface area (Å²) >= 11 is 0. The summed E-state index contributed by atoms with van der Waals surface area (Å²) in [6.45, 7) is 2.64. The number of nitrogens with zero attached hydrogens (tertiary/aromatic N) is 3. The smallest absolute Gasteiger partial charge is 0.258 e. The van der Waals surface area contributed by atoms with E-state index >= 15 is 0 Å². The lowest BCUT2D eigenvalue weighted by Gasteiger charge is -2.23. The van der Waals surface area contributed by atoms with Crippen molar-refractivity contribution in [2.75, 3.05) is 26.8 Å². The van der Waals surface area contributed by atoms with Crippen LogP contribution in [-0.2, 0) is 22.6 Å². The zero-order chi connectivity index (χ0) is 32.0. The van der Waals surface area contributed by atoms with Crippen LogP contribution in [0.15, 0.2) is 79.3 Å². The molecule has 236 valence electrons. The van der Waals surface area contributed by atoms with Gasteiger partial charge >= 0.3 is 0 Å². The van der Waals surface area contributed by atoms with Crippen LogP contribution in [0, 0.1) is 6.92 Å². The summed E-state index contributed by atoms with van der Waals surface area (Å²) in [4.78, 5) is 49.7. The monoisotopic (exact) mass is 621 g/mol. The standard InChI is InChI=1S/C35H35N5O6/c1-22-6-8-25-16-28(22)24-4-3-5-27(15-24)45-21-33(41)38-17-23-7-10-30(31(14-23)44-2)46-32-20-40(19-29(32)39-35(25)43)34(42)11-9-26-18-36-12-13-37-26/h3-8,10,12-16,18,29,32H,9,11,17,19-21H2,1-2H3,(H,38,41)(H,39,43)/t29-,32-/m0/s1. The normalized spacial score (nSPS) is 18.0. The summed E-state index contributed by atoms with van der Waals surface area (Å²) in [6, 6.07) is 17.8. The molecule has 3 aliphatic rings. The highest BCUT2D eigenvalue weighted by molar-refractivity contribution is 5.96. The van der Waals surface area contributed by atoms with E-state index in [4.69, 9.17) is 14.2 Å². The molecule has 0 spiro atoms. The molecular weight excluding hydrogens is 586 g/mol. The number of ether oxygens (including phenoxy) is 3. The van der Waals surface area contributed by atoms with E-state index in [-0.39, 0.29) is 50.4 Å². The molecule has 11 heteroatoms. The van der Waals surface area contributed by atoms with Gasteiger partial charge in [0.05, 0.1) is 25.4 Å². The summed E-state index contributed by atoms with van der Waals surface area (Å²) < 4.78 is 17.9. The summed E-state index contributed by atoms with van der Waals surface area (Å²) in [7, 11) is 1.54. The fraction of sp³-hybridized carbons (Fsp3) is 0.286. The summed E-state index contributed by atoms with van der Waals surface area (Å²) in [5.74, 6) is 0.845. The largest absolute Gasteiger partial charge is 0.493 e. The number of amides is 3. The van der Waals surface area contributed by atoms with Crippen LogP contribution >= 0.6 is 0 Å². The van der Waals surface area contributed by atoms with Crippen LogP contribution in [0.2, 0.25) is 0 Å². The topological polar surface area (TPSA) is 132 Å². The second kappa shape index (κ2) is 13.7. The SMILES string of the molecule is COc1cc2ccc1O[C@H]1CN(C(=O)CCc3cnccn3)C[C@@H]1NC(=O)c1ccc(C)c(c1)-c1cccc(c1)OCC(=O)NC2. The van der Waals surface area contributed by atoms with Crippen molar-refractivity contribution >= 4 is 17.7 Å². The molecule has 4 heterocycles. The molecule has 3 aromatic carbocycles. The molecule has 7 rings (SSSR count). The van der Waals surface area contributed by atoms with Crippen molar-refractivity contribution in [1.29, 1.82) is 0 Å². The molecule has 0 aliphatic carbocycles. The maximum absolute atomic E-state index is 13.7. The van der Waals surface area contributed by atoms with Gasteiger partial charge in [-0.25, -0.2) is 0 Å². The molecule has 3 amide bonds. The molecule has 11 nitrogen and oxygen atoms in total. The Hall–Kier alpha value is -5.45. The van der Waals surface area contributed by atoms with Crippen LogP contribution < -0.4 is 24.8 Å². The maximum atomic E-state index is 13.7.